The van der Waals surface area contributed by atoms with Crippen LogP contribution in [-0.4, -0.2) is 29.2 Å². The van der Waals surface area contributed by atoms with Crippen molar-refractivity contribution in [2.24, 2.45) is 11.0 Å². The highest BCUT2D eigenvalue weighted by atomic mass is 35.5. The van der Waals surface area contributed by atoms with Crippen LogP contribution in [0.15, 0.2) is 74.5 Å². The number of carbonyl (C=O) groups excluding carboxylic acids is 2. The molecule has 1 saturated carbocycles. The monoisotopic (exact) mass is 496 g/mol. The molecular formula is C26H22ClFN2O5. The van der Waals surface area contributed by atoms with Crippen molar-refractivity contribution in [1.29, 1.82) is 0 Å². The molecule has 1 fully saturated rings. The van der Waals surface area contributed by atoms with Crippen molar-refractivity contribution >= 4 is 35.3 Å². The summed E-state index contributed by atoms with van der Waals surface area (Å²) in [6.07, 6.45) is 7.28. The third-order valence-electron chi connectivity index (χ3n) is 6.19. The van der Waals surface area contributed by atoms with E-state index >= 15 is 0 Å². The lowest BCUT2D eigenvalue weighted by Gasteiger charge is -2.27. The van der Waals surface area contributed by atoms with Crippen LogP contribution in [0, 0.1) is 11.7 Å². The number of esters is 1. The van der Waals surface area contributed by atoms with Crippen LogP contribution in [0.25, 0.3) is 6.08 Å². The first-order valence-electron chi connectivity index (χ1n) is 11.3. The molecule has 7 nitrogen and oxygen atoms in total. The van der Waals surface area contributed by atoms with E-state index in [1.165, 1.54) is 23.2 Å². The summed E-state index contributed by atoms with van der Waals surface area (Å²) in [5, 5.41) is 6.12. The van der Waals surface area contributed by atoms with E-state index in [1.54, 1.807) is 24.7 Å². The van der Waals surface area contributed by atoms with Gasteiger partial charge in [-0.05, 0) is 67.3 Å². The van der Waals surface area contributed by atoms with Crippen LogP contribution >= 0.6 is 11.6 Å². The van der Waals surface area contributed by atoms with Crippen molar-refractivity contribution in [3.63, 3.8) is 0 Å². The molecule has 3 aromatic rings. The van der Waals surface area contributed by atoms with Crippen molar-refractivity contribution in [2.45, 2.75) is 31.7 Å². The van der Waals surface area contributed by atoms with Gasteiger partial charge in [0.05, 0.1) is 24.7 Å². The highest BCUT2D eigenvalue weighted by molar-refractivity contribution is 6.31. The molecule has 3 heterocycles. The maximum atomic E-state index is 14.0. The lowest BCUT2D eigenvalue weighted by molar-refractivity contribution is -0.152. The molecule has 0 radical (unpaired) electrons. The Hall–Kier alpha value is -3.65. The molecule has 0 bridgehead atoms. The van der Waals surface area contributed by atoms with Crippen LogP contribution in [0.3, 0.4) is 0 Å². The minimum atomic E-state index is -0.762. The SMILES string of the molecule is O=C(Cc1c(F)cccc1Cl)OCC(=O)N1N=C2C(=Cc3ccco3)CCCC2C1c1ccco1. The second-order valence-electron chi connectivity index (χ2n) is 8.41. The van der Waals surface area contributed by atoms with Crippen molar-refractivity contribution in [3.05, 3.63) is 88.5 Å². The lowest BCUT2D eigenvalue weighted by atomic mass is 9.79. The largest absolute Gasteiger partial charge is 0.467 e. The van der Waals surface area contributed by atoms with E-state index in [0.29, 0.717) is 11.5 Å². The summed E-state index contributed by atoms with van der Waals surface area (Å²) in [4.78, 5) is 25.5. The number of halogens is 2. The molecule has 2 aromatic heterocycles. The highest BCUT2D eigenvalue weighted by Gasteiger charge is 2.45. The Kier molecular flexibility index (Phi) is 6.55. The first kappa shape index (κ1) is 23.1. The fraction of sp³-hybridized carbons (Fsp3) is 0.269. The summed E-state index contributed by atoms with van der Waals surface area (Å²) in [5.41, 5.74) is 1.82. The third-order valence-corrected chi connectivity index (χ3v) is 6.54. The molecular weight excluding hydrogens is 475 g/mol. The zero-order valence-electron chi connectivity index (χ0n) is 18.7. The highest BCUT2D eigenvalue weighted by Crippen LogP contribution is 2.44. The van der Waals surface area contributed by atoms with Gasteiger partial charge < -0.3 is 13.6 Å². The number of carbonyl (C=O) groups is 2. The second kappa shape index (κ2) is 9.92. The van der Waals surface area contributed by atoms with E-state index in [4.69, 9.17) is 25.2 Å². The number of benzene rings is 1. The maximum Gasteiger partial charge on any atom is 0.310 e. The predicted octanol–water partition coefficient (Wildman–Crippen LogP) is 5.57. The van der Waals surface area contributed by atoms with Gasteiger partial charge in [-0.15, -0.1) is 0 Å². The number of ether oxygens (including phenoxy) is 1. The van der Waals surface area contributed by atoms with E-state index in [2.05, 4.69) is 5.10 Å². The fourth-order valence-corrected chi connectivity index (χ4v) is 4.83. The average Bonchev–Trinajstić information content (AvgIpc) is 3.61. The van der Waals surface area contributed by atoms with Crippen molar-refractivity contribution in [2.75, 3.05) is 6.61 Å². The second-order valence-corrected chi connectivity index (χ2v) is 8.81. The molecule has 5 rings (SSSR count). The van der Waals surface area contributed by atoms with E-state index < -0.39 is 30.3 Å². The molecule has 0 spiro atoms. The normalized spacial score (nSPS) is 20.6. The van der Waals surface area contributed by atoms with Gasteiger partial charge in [0.25, 0.3) is 5.91 Å². The minimum absolute atomic E-state index is 0.0280. The summed E-state index contributed by atoms with van der Waals surface area (Å²) in [6, 6.07) is 10.9. The standard InChI is InChI=1S/C26H22ClFN2O5/c27-20-8-2-9-21(28)19(20)14-24(32)35-15-23(31)30-26(22-10-4-12-34-22)18-7-1-5-16(25(18)29-30)13-17-6-3-11-33-17/h2-4,6,8-13,18,26H,1,5,7,14-15H2. The molecule has 0 saturated heterocycles. The van der Waals surface area contributed by atoms with E-state index in [-0.39, 0.29) is 22.9 Å². The van der Waals surface area contributed by atoms with Gasteiger partial charge in [0.2, 0.25) is 0 Å². The zero-order valence-corrected chi connectivity index (χ0v) is 19.4. The first-order chi connectivity index (χ1) is 17.0. The molecule has 2 aliphatic rings. The summed E-state index contributed by atoms with van der Waals surface area (Å²) < 4.78 is 30.3. The van der Waals surface area contributed by atoms with Crippen molar-refractivity contribution < 1.29 is 27.6 Å². The Morgan fingerprint density at radius 2 is 2.00 bits per heavy atom. The number of hydrazone groups is 1. The molecule has 1 aromatic carbocycles. The van der Waals surface area contributed by atoms with Crippen molar-refractivity contribution in [3.8, 4) is 0 Å². The zero-order chi connectivity index (χ0) is 24.4. The van der Waals surface area contributed by atoms with E-state index in [1.807, 2.05) is 18.2 Å². The van der Waals surface area contributed by atoms with Gasteiger partial charge in [-0.3, -0.25) is 9.59 Å². The van der Waals surface area contributed by atoms with Gasteiger partial charge in [0.1, 0.15) is 23.4 Å². The average molecular weight is 497 g/mol. The van der Waals surface area contributed by atoms with E-state index in [0.717, 1.165) is 30.5 Å². The Morgan fingerprint density at radius 3 is 2.74 bits per heavy atom. The van der Waals surface area contributed by atoms with Crippen LogP contribution < -0.4 is 0 Å². The van der Waals surface area contributed by atoms with Crippen LogP contribution in [0.2, 0.25) is 5.02 Å². The number of allylic oxidation sites excluding steroid dienone is 1. The topological polar surface area (TPSA) is 85.3 Å². The van der Waals surface area contributed by atoms with Crippen molar-refractivity contribution in [1.82, 2.24) is 5.01 Å². The third kappa shape index (κ3) is 4.79. The summed E-state index contributed by atoms with van der Waals surface area (Å²) >= 11 is 5.99. The molecule has 180 valence electrons. The molecule has 1 aliphatic heterocycles. The Balaban J connectivity index is 1.35. The number of rotatable bonds is 6. The Bertz CT molecular complexity index is 1260. The van der Waals surface area contributed by atoms with Gasteiger partial charge in [0, 0.05) is 16.5 Å². The molecule has 0 N–H and O–H groups in total. The van der Waals surface area contributed by atoms with Gasteiger partial charge in [-0.1, -0.05) is 17.7 Å². The van der Waals surface area contributed by atoms with Crippen LogP contribution in [0.5, 0.6) is 0 Å². The smallest absolute Gasteiger partial charge is 0.310 e. The van der Waals surface area contributed by atoms with Gasteiger partial charge in [0.15, 0.2) is 6.61 Å². The van der Waals surface area contributed by atoms with Crippen LogP contribution in [-0.2, 0) is 20.7 Å². The maximum absolute atomic E-state index is 14.0. The quantitative estimate of drug-likeness (QED) is 0.416. The van der Waals surface area contributed by atoms with Crippen LogP contribution in [0.4, 0.5) is 4.39 Å². The van der Waals surface area contributed by atoms with Gasteiger partial charge in [-0.25, -0.2) is 9.40 Å². The molecule has 9 heteroatoms. The molecule has 35 heavy (non-hydrogen) atoms. The number of fused-ring (bicyclic) bond motifs is 1. The number of hydrogen-bond donors (Lipinski definition) is 0. The number of amides is 1. The number of furan rings is 2. The first-order valence-corrected chi connectivity index (χ1v) is 11.7. The summed E-state index contributed by atoms with van der Waals surface area (Å²) in [5.74, 6) is -0.618. The number of hydrogen-bond acceptors (Lipinski definition) is 6. The molecule has 1 amide bonds. The predicted molar refractivity (Wildman–Crippen MR) is 126 cm³/mol. The lowest BCUT2D eigenvalue weighted by Crippen LogP contribution is -2.34. The minimum Gasteiger partial charge on any atom is -0.467 e. The molecule has 1 aliphatic carbocycles. The number of nitrogens with zero attached hydrogens (tertiary/aromatic N) is 2. The summed E-state index contributed by atoms with van der Waals surface area (Å²) in [7, 11) is 0. The summed E-state index contributed by atoms with van der Waals surface area (Å²) in [6.45, 7) is -0.539. The molecule has 2 unspecified atom stereocenters. The van der Waals surface area contributed by atoms with Crippen LogP contribution in [0.1, 0.15) is 42.4 Å². The fourth-order valence-electron chi connectivity index (χ4n) is 4.60. The Labute approximate surface area is 205 Å². The van der Waals surface area contributed by atoms with E-state index in [9.17, 15) is 14.0 Å². The van der Waals surface area contributed by atoms with Gasteiger partial charge >= 0.3 is 5.97 Å². The molecule has 2 atom stereocenters. The van der Waals surface area contributed by atoms with Gasteiger partial charge in [-0.2, -0.15) is 5.10 Å². The Morgan fingerprint density at radius 1 is 1.17 bits per heavy atom.